The Morgan fingerprint density at radius 1 is 1.24 bits per heavy atom. The van der Waals surface area contributed by atoms with Crippen LogP contribution >= 0.6 is 47.1 Å². The predicted octanol–water partition coefficient (Wildman–Crippen LogP) is 5.00. The van der Waals surface area contributed by atoms with Gasteiger partial charge in [-0.3, -0.25) is 10.2 Å². The number of carbonyl (C=O) groups is 2. The van der Waals surface area contributed by atoms with Crippen LogP contribution in [-0.2, 0) is 10.5 Å². The lowest BCUT2D eigenvalue weighted by molar-refractivity contribution is -0.109. The van der Waals surface area contributed by atoms with Crippen LogP contribution in [0.15, 0.2) is 60.1 Å². The predicted molar refractivity (Wildman–Crippen MR) is 145 cm³/mol. The van der Waals surface area contributed by atoms with Crippen molar-refractivity contribution in [3.63, 3.8) is 0 Å². The molecule has 0 radical (unpaired) electrons. The number of aldehydes is 1. The number of anilines is 1. The Morgan fingerprint density at radius 2 is 2.06 bits per heavy atom. The topological polar surface area (TPSA) is 83.1 Å². The fraction of sp³-hybridized carbons (Fsp3) is 0.217. The third kappa shape index (κ3) is 7.94. The number of hydrazine groups is 1. The van der Waals surface area contributed by atoms with Gasteiger partial charge < -0.3 is 10.1 Å². The quantitative estimate of drug-likeness (QED) is 0.187. The molecule has 0 saturated heterocycles. The first-order chi connectivity index (χ1) is 16.1. The number of benzene rings is 2. The molecule has 0 bridgehead atoms. The summed E-state index contributed by atoms with van der Waals surface area (Å²) in [6.07, 6.45) is 5.17. The number of nitrogens with zero attached hydrogens (tertiary/aromatic N) is 1. The van der Waals surface area contributed by atoms with Crippen molar-refractivity contribution in [3.05, 3.63) is 71.2 Å². The molecule has 1 aromatic heterocycles. The van der Waals surface area contributed by atoms with Gasteiger partial charge in [-0.25, -0.2) is 10.4 Å². The highest BCUT2D eigenvalue weighted by molar-refractivity contribution is 8.22. The second-order valence-corrected chi connectivity index (χ2v) is 10.4. The first kappa shape index (κ1) is 25.4. The summed E-state index contributed by atoms with van der Waals surface area (Å²) in [7, 11) is 0. The Bertz CT molecular complexity index is 1060. The second-order valence-electron chi connectivity index (χ2n) is 6.91. The molecule has 3 N–H and O–H groups in total. The van der Waals surface area contributed by atoms with Crippen LogP contribution < -0.4 is 16.2 Å². The van der Waals surface area contributed by atoms with Crippen molar-refractivity contribution in [2.45, 2.75) is 18.2 Å². The first-order valence-electron chi connectivity index (χ1n) is 10.1. The summed E-state index contributed by atoms with van der Waals surface area (Å²) in [4.78, 5) is 28.4. The van der Waals surface area contributed by atoms with Gasteiger partial charge in [0.25, 0.3) is 5.91 Å². The van der Waals surface area contributed by atoms with Crippen molar-refractivity contribution < 1.29 is 9.59 Å². The second kappa shape index (κ2) is 13.5. The summed E-state index contributed by atoms with van der Waals surface area (Å²) < 4.78 is 0.641. The molecular formula is C23H24N4O2S4. The molecule has 10 heteroatoms. The zero-order valence-electron chi connectivity index (χ0n) is 17.9. The van der Waals surface area contributed by atoms with E-state index in [9.17, 15) is 9.59 Å². The molecule has 3 rings (SSSR count). The Kier molecular flexibility index (Phi) is 10.4. The summed E-state index contributed by atoms with van der Waals surface area (Å²) in [5.74, 6) is 1.19. The molecule has 172 valence electrons. The highest BCUT2D eigenvalue weighted by Gasteiger charge is 2.16. The van der Waals surface area contributed by atoms with E-state index in [1.807, 2.05) is 60.2 Å². The highest BCUT2D eigenvalue weighted by atomic mass is 32.2. The lowest BCUT2D eigenvalue weighted by Gasteiger charge is -2.16. The average Bonchev–Trinajstić information content (AvgIpc) is 3.36. The maximum absolute atomic E-state index is 13.0. The van der Waals surface area contributed by atoms with E-state index in [2.05, 4.69) is 21.2 Å². The fourth-order valence-corrected chi connectivity index (χ4v) is 5.01. The molecule has 0 fully saturated rings. The van der Waals surface area contributed by atoms with Crippen LogP contribution in [-0.4, -0.2) is 39.5 Å². The average molecular weight is 517 g/mol. The minimum atomic E-state index is -0.427. The smallest absolute Gasteiger partial charge is 0.266 e. The summed E-state index contributed by atoms with van der Waals surface area (Å²) in [5, 5.41) is 5.77. The van der Waals surface area contributed by atoms with E-state index < -0.39 is 6.04 Å². The largest absolute Gasteiger partial charge is 0.317 e. The van der Waals surface area contributed by atoms with Crippen molar-refractivity contribution >= 4 is 68.7 Å². The maximum atomic E-state index is 13.0. The summed E-state index contributed by atoms with van der Waals surface area (Å²) >= 11 is 10.1. The van der Waals surface area contributed by atoms with Gasteiger partial charge in [-0.05, 0) is 47.3 Å². The molecule has 0 aliphatic rings. The number of nitrogens with one attached hydrogen (secondary N) is 3. The van der Waals surface area contributed by atoms with Crippen LogP contribution in [0.1, 0.15) is 22.3 Å². The van der Waals surface area contributed by atoms with Crippen molar-refractivity contribution in [1.82, 2.24) is 15.8 Å². The van der Waals surface area contributed by atoms with E-state index in [-0.39, 0.29) is 5.91 Å². The molecule has 1 atom stereocenters. The van der Waals surface area contributed by atoms with E-state index in [1.165, 1.54) is 23.1 Å². The zero-order chi connectivity index (χ0) is 23.5. The van der Waals surface area contributed by atoms with Gasteiger partial charge in [-0.2, -0.15) is 11.8 Å². The van der Waals surface area contributed by atoms with Crippen molar-refractivity contribution in [2.75, 3.05) is 17.3 Å². The number of rotatable bonds is 11. The Morgan fingerprint density at radius 3 is 2.76 bits per heavy atom. The van der Waals surface area contributed by atoms with E-state index in [0.29, 0.717) is 22.1 Å². The van der Waals surface area contributed by atoms with E-state index in [4.69, 9.17) is 12.2 Å². The molecule has 0 aliphatic carbocycles. The first-order valence-corrected chi connectivity index (χ1v) is 13.8. The maximum Gasteiger partial charge on any atom is 0.266 e. The Hall–Kier alpha value is -2.24. The molecule has 0 aliphatic heterocycles. The molecule has 3 aromatic rings. The van der Waals surface area contributed by atoms with Crippen LogP contribution in [0.3, 0.4) is 0 Å². The Balaban J connectivity index is 1.72. The van der Waals surface area contributed by atoms with Gasteiger partial charge >= 0.3 is 0 Å². The number of thioether (sulfide) groups is 2. The van der Waals surface area contributed by atoms with E-state index in [0.717, 1.165) is 33.9 Å². The monoisotopic (exact) mass is 516 g/mol. The van der Waals surface area contributed by atoms with Crippen LogP contribution in [0.25, 0.3) is 11.1 Å². The van der Waals surface area contributed by atoms with Gasteiger partial charge in [0.2, 0.25) is 0 Å². The normalized spacial score (nSPS) is 11.5. The standard InChI is InChI=1S/C23H24N4O2S4/c1-31-11-9-18(14-28)26-27-21(29)19-8-7-16(13-20(19)17-5-3-2-4-6-17)15-33-23(30)25-22-24-10-12-32-22/h2-8,10,12-14,18,26H,9,11,15H2,1H3,(H,27,29)(H,24,25,30). The van der Waals surface area contributed by atoms with Crippen LogP contribution in [0.4, 0.5) is 5.13 Å². The minimum absolute atomic E-state index is 0.287. The molecule has 0 spiro atoms. The van der Waals surface area contributed by atoms with E-state index >= 15 is 0 Å². The number of hydrogen-bond donors (Lipinski definition) is 3. The van der Waals surface area contributed by atoms with E-state index in [1.54, 1.807) is 18.0 Å². The molecule has 0 saturated carbocycles. The fourth-order valence-electron chi connectivity index (χ4n) is 2.94. The molecule has 1 unspecified atom stereocenters. The van der Waals surface area contributed by atoms with Gasteiger partial charge in [-0.1, -0.05) is 60.4 Å². The van der Waals surface area contributed by atoms with Gasteiger partial charge in [-0.15, -0.1) is 11.3 Å². The van der Waals surface area contributed by atoms with Gasteiger partial charge in [0.05, 0.1) is 6.04 Å². The summed E-state index contributed by atoms with van der Waals surface area (Å²) in [5.41, 5.74) is 8.86. The number of hydrogen-bond acceptors (Lipinski definition) is 8. The molecular weight excluding hydrogens is 493 g/mol. The van der Waals surface area contributed by atoms with Crippen molar-refractivity contribution in [3.8, 4) is 11.1 Å². The zero-order valence-corrected chi connectivity index (χ0v) is 21.2. The number of aromatic nitrogens is 1. The third-order valence-electron chi connectivity index (χ3n) is 4.59. The van der Waals surface area contributed by atoms with Gasteiger partial charge in [0.1, 0.15) is 10.6 Å². The van der Waals surface area contributed by atoms with Crippen LogP contribution in [0, 0.1) is 0 Å². The SMILES string of the molecule is CSCCC(C=O)NNC(=O)c1ccc(CSC(=S)Nc2nccs2)cc1-c1ccccc1. The van der Waals surface area contributed by atoms with Gasteiger partial charge in [0.15, 0.2) is 5.13 Å². The number of thiazole rings is 1. The molecule has 1 amide bonds. The van der Waals surface area contributed by atoms with Crippen molar-refractivity contribution in [2.24, 2.45) is 0 Å². The van der Waals surface area contributed by atoms with Gasteiger partial charge in [0, 0.05) is 22.9 Å². The van der Waals surface area contributed by atoms with Crippen LogP contribution in [0.2, 0.25) is 0 Å². The lowest BCUT2D eigenvalue weighted by Crippen LogP contribution is -2.45. The number of amides is 1. The minimum Gasteiger partial charge on any atom is -0.317 e. The lowest BCUT2D eigenvalue weighted by atomic mass is 9.97. The third-order valence-corrected chi connectivity index (χ3v) is 7.22. The van der Waals surface area contributed by atoms with Crippen LogP contribution in [0.5, 0.6) is 0 Å². The molecule has 6 nitrogen and oxygen atoms in total. The molecule has 1 heterocycles. The summed E-state index contributed by atoms with van der Waals surface area (Å²) in [6, 6.07) is 15.1. The highest BCUT2D eigenvalue weighted by Crippen LogP contribution is 2.27. The number of thiocarbonyl (C=S) groups is 1. The van der Waals surface area contributed by atoms with Crippen molar-refractivity contribution in [1.29, 1.82) is 0 Å². The Labute approximate surface area is 211 Å². The molecule has 2 aromatic carbocycles. The summed E-state index contributed by atoms with van der Waals surface area (Å²) in [6.45, 7) is 0. The molecule has 33 heavy (non-hydrogen) atoms. The number of carbonyl (C=O) groups excluding carboxylic acids is 2.